The van der Waals surface area contributed by atoms with Crippen LogP contribution in [0.4, 0.5) is 5.88 Å². The van der Waals surface area contributed by atoms with Crippen molar-refractivity contribution in [1.82, 2.24) is 5.16 Å². The molecule has 1 aliphatic heterocycles. The SMILES string of the molecule is COc1cccc([C@@H]2C3=C(C[C@@H](c4ccccc4O)CC3=O)Nc3onc(C)c32)c1OC. The molecule has 7 heteroatoms. The van der Waals surface area contributed by atoms with Gasteiger partial charge in [-0.25, -0.2) is 0 Å². The van der Waals surface area contributed by atoms with Gasteiger partial charge in [0.05, 0.1) is 31.4 Å². The number of hydrogen-bond acceptors (Lipinski definition) is 7. The molecule has 2 heterocycles. The van der Waals surface area contributed by atoms with Gasteiger partial charge in [0.2, 0.25) is 5.88 Å². The van der Waals surface area contributed by atoms with Crippen LogP contribution in [-0.4, -0.2) is 30.3 Å². The molecule has 0 bridgehead atoms. The minimum Gasteiger partial charge on any atom is -0.508 e. The molecular weight excluding hydrogens is 408 g/mol. The Morgan fingerprint density at radius 2 is 1.84 bits per heavy atom. The molecule has 0 unspecified atom stereocenters. The van der Waals surface area contributed by atoms with Crippen LogP contribution in [-0.2, 0) is 4.79 Å². The lowest BCUT2D eigenvalue weighted by Crippen LogP contribution is -2.29. The molecule has 2 aromatic carbocycles. The summed E-state index contributed by atoms with van der Waals surface area (Å²) in [6, 6.07) is 12.8. The molecule has 5 rings (SSSR count). The number of phenols is 1. The topological polar surface area (TPSA) is 93.8 Å². The number of carbonyl (C=O) groups is 1. The van der Waals surface area contributed by atoms with Gasteiger partial charge in [-0.2, -0.15) is 0 Å². The molecule has 0 saturated heterocycles. The first-order valence-corrected chi connectivity index (χ1v) is 10.5. The van der Waals surface area contributed by atoms with Crippen LogP contribution in [0.15, 0.2) is 58.3 Å². The Kier molecular flexibility index (Phi) is 4.89. The average molecular weight is 432 g/mol. The Hall–Kier alpha value is -3.74. The summed E-state index contributed by atoms with van der Waals surface area (Å²) in [4.78, 5) is 13.6. The molecule has 2 N–H and O–H groups in total. The van der Waals surface area contributed by atoms with E-state index in [4.69, 9.17) is 14.0 Å². The van der Waals surface area contributed by atoms with E-state index in [9.17, 15) is 9.90 Å². The minimum absolute atomic E-state index is 0.0214. The third-order valence-electron chi connectivity index (χ3n) is 6.38. The number of fused-ring (bicyclic) bond motifs is 1. The van der Waals surface area contributed by atoms with E-state index in [1.165, 1.54) is 0 Å². The highest BCUT2D eigenvalue weighted by molar-refractivity contribution is 6.02. The zero-order chi connectivity index (χ0) is 22.4. The number of phenolic OH excluding ortho intramolecular Hbond substituents is 1. The lowest BCUT2D eigenvalue weighted by atomic mass is 9.72. The maximum Gasteiger partial charge on any atom is 0.233 e. The molecule has 2 atom stereocenters. The van der Waals surface area contributed by atoms with Crippen LogP contribution in [0.2, 0.25) is 0 Å². The predicted octanol–water partition coefficient (Wildman–Crippen LogP) is 4.66. The number of aryl methyl sites for hydroxylation is 1. The predicted molar refractivity (Wildman–Crippen MR) is 118 cm³/mol. The van der Waals surface area contributed by atoms with Crippen LogP contribution in [0, 0.1) is 6.92 Å². The van der Waals surface area contributed by atoms with Crippen molar-refractivity contribution in [3.05, 3.63) is 76.1 Å². The Bertz CT molecular complexity index is 1240. The fourth-order valence-corrected chi connectivity index (χ4v) is 4.98. The quantitative estimate of drug-likeness (QED) is 0.619. The van der Waals surface area contributed by atoms with Crippen molar-refractivity contribution in [2.75, 3.05) is 19.5 Å². The summed E-state index contributed by atoms with van der Waals surface area (Å²) in [5, 5.41) is 17.8. The van der Waals surface area contributed by atoms with Crippen molar-refractivity contribution in [1.29, 1.82) is 0 Å². The number of methoxy groups -OCH3 is 2. The van der Waals surface area contributed by atoms with Gasteiger partial charge in [-0.05, 0) is 31.0 Å². The normalized spacial score (nSPS) is 19.8. The molecule has 0 fully saturated rings. The number of hydrogen-bond donors (Lipinski definition) is 2. The van der Waals surface area contributed by atoms with Crippen LogP contribution in [0.1, 0.15) is 47.1 Å². The fourth-order valence-electron chi connectivity index (χ4n) is 4.98. The van der Waals surface area contributed by atoms with Crippen LogP contribution in [0.3, 0.4) is 0 Å². The Balaban J connectivity index is 1.68. The molecular formula is C25H24N2O5. The Morgan fingerprint density at radius 3 is 2.59 bits per heavy atom. The molecule has 0 saturated carbocycles. The van der Waals surface area contributed by atoms with E-state index in [2.05, 4.69) is 10.5 Å². The highest BCUT2D eigenvalue weighted by atomic mass is 16.5. The summed E-state index contributed by atoms with van der Waals surface area (Å²) in [5.41, 5.74) is 4.59. The lowest BCUT2D eigenvalue weighted by molar-refractivity contribution is -0.116. The van der Waals surface area contributed by atoms with Crippen molar-refractivity contribution in [2.45, 2.75) is 31.6 Å². The number of ketones is 1. The second kappa shape index (κ2) is 7.75. The first-order chi connectivity index (χ1) is 15.5. The van der Waals surface area contributed by atoms with E-state index < -0.39 is 5.92 Å². The van der Waals surface area contributed by atoms with Gasteiger partial charge in [-0.3, -0.25) is 4.79 Å². The molecule has 2 aliphatic rings. The largest absolute Gasteiger partial charge is 0.508 e. The number of ether oxygens (including phenoxy) is 2. The standard InChI is InChI=1S/C25H24N2O5/c1-13-21-22(16-8-6-10-20(30-2)24(16)31-3)23-17(26-25(21)32-27-13)11-14(12-19(23)29)15-7-4-5-9-18(15)28/h4-10,14,22,26,28H,11-12H2,1-3H3/t14-,22+/m1/s1. The second-order valence-corrected chi connectivity index (χ2v) is 8.13. The molecule has 1 aromatic heterocycles. The molecule has 7 nitrogen and oxygen atoms in total. The van der Waals surface area contributed by atoms with Crippen LogP contribution >= 0.6 is 0 Å². The maximum absolute atomic E-state index is 13.6. The summed E-state index contributed by atoms with van der Waals surface area (Å²) in [6.45, 7) is 1.87. The van der Waals surface area contributed by atoms with E-state index in [1.807, 2.05) is 37.3 Å². The number of nitrogens with one attached hydrogen (secondary N) is 1. The molecule has 1 aliphatic carbocycles. The number of rotatable bonds is 4. The monoisotopic (exact) mass is 432 g/mol. The van der Waals surface area contributed by atoms with Crippen LogP contribution in [0.25, 0.3) is 0 Å². The first kappa shape index (κ1) is 20.2. The van der Waals surface area contributed by atoms with E-state index in [0.29, 0.717) is 41.5 Å². The number of Topliss-reactive ketones (excluding diaryl/α,β-unsaturated/α-hetero) is 1. The molecule has 0 spiro atoms. The number of aromatic nitrogens is 1. The number of benzene rings is 2. The first-order valence-electron chi connectivity index (χ1n) is 10.5. The smallest absolute Gasteiger partial charge is 0.233 e. The van der Waals surface area contributed by atoms with Gasteiger partial charge in [0.25, 0.3) is 0 Å². The Labute approximate surface area is 185 Å². The summed E-state index contributed by atoms with van der Waals surface area (Å²) < 4.78 is 16.8. The van der Waals surface area contributed by atoms with Crippen LogP contribution < -0.4 is 14.8 Å². The van der Waals surface area contributed by atoms with Crippen molar-refractivity contribution in [2.24, 2.45) is 0 Å². The molecule has 0 radical (unpaired) electrons. The van der Waals surface area contributed by atoms with Gasteiger partial charge in [0, 0.05) is 29.2 Å². The van der Waals surface area contributed by atoms with E-state index in [0.717, 1.165) is 22.4 Å². The zero-order valence-electron chi connectivity index (χ0n) is 18.1. The van der Waals surface area contributed by atoms with Gasteiger partial charge < -0.3 is 24.4 Å². The highest BCUT2D eigenvalue weighted by Crippen LogP contribution is 2.52. The van der Waals surface area contributed by atoms with Gasteiger partial charge in [-0.15, -0.1) is 0 Å². The lowest BCUT2D eigenvalue weighted by Gasteiger charge is -2.35. The number of allylic oxidation sites excluding steroid dienone is 2. The second-order valence-electron chi connectivity index (χ2n) is 8.13. The van der Waals surface area contributed by atoms with Gasteiger partial charge in [0.15, 0.2) is 17.3 Å². The van der Waals surface area contributed by atoms with Gasteiger partial charge >= 0.3 is 0 Å². The zero-order valence-corrected chi connectivity index (χ0v) is 18.1. The number of para-hydroxylation sites is 2. The number of aromatic hydroxyl groups is 1. The van der Waals surface area contributed by atoms with Gasteiger partial charge in [-0.1, -0.05) is 35.5 Å². The maximum atomic E-state index is 13.6. The van der Waals surface area contributed by atoms with Crippen molar-refractivity contribution in [3.63, 3.8) is 0 Å². The summed E-state index contributed by atoms with van der Waals surface area (Å²) >= 11 is 0. The van der Waals surface area contributed by atoms with Crippen molar-refractivity contribution >= 4 is 11.7 Å². The average Bonchev–Trinajstić information content (AvgIpc) is 3.17. The Morgan fingerprint density at radius 1 is 1.06 bits per heavy atom. The number of anilines is 1. The van der Waals surface area contributed by atoms with E-state index in [1.54, 1.807) is 26.4 Å². The van der Waals surface area contributed by atoms with Crippen molar-refractivity contribution in [3.8, 4) is 17.2 Å². The van der Waals surface area contributed by atoms with Crippen molar-refractivity contribution < 1.29 is 23.9 Å². The van der Waals surface area contributed by atoms with Gasteiger partial charge in [0.1, 0.15) is 5.75 Å². The highest BCUT2D eigenvalue weighted by Gasteiger charge is 2.42. The summed E-state index contributed by atoms with van der Waals surface area (Å²) in [6.07, 6.45) is 0.876. The fraction of sp³-hybridized carbons (Fsp3) is 0.280. The molecule has 0 amide bonds. The third-order valence-corrected chi connectivity index (χ3v) is 6.38. The van der Waals surface area contributed by atoms with E-state index in [-0.39, 0.29) is 17.5 Å². The molecule has 3 aromatic rings. The minimum atomic E-state index is -0.393. The summed E-state index contributed by atoms with van der Waals surface area (Å²) in [7, 11) is 3.18. The van der Waals surface area contributed by atoms with E-state index >= 15 is 0 Å². The molecule has 164 valence electrons. The third kappa shape index (κ3) is 3.04. The van der Waals surface area contributed by atoms with Crippen LogP contribution in [0.5, 0.6) is 17.2 Å². The molecule has 32 heavy (non-hydrogen) atoms. The number of carbonyl (C=O) groups excluding carboxylic acids is 1. The number of nitrogens with zero attached hydrogens (tertiary/aromatic N) is 1. The summed E-state index contributed by atoms with van der Waals surface area (Å²) in [5.74, 6) is 1.40.